The predicted molar refractivity (Wildman–Crippen MR) is 93.9 cm³/mol. The van der Waals surface area contributed by atoms with Gasteiger partial charge < -0.3 is 10.6 Å². The average molecular weight is 334 g/mol. The molecule has 0 atom stereocenters. The largest absolute Gasteiger partial charge is 0.367 e. The van der Waals surface area contributed by atoms with Gasteiger partial charge in [-0.05, 0) is 42.7 Å². The summed E-state index contributed by atoms with van der Waals surface area (Å²) in [5.41, 5.74) is 2.42. The molecule has 1 saturated carbocycles. The maximum absolute atomic E-state index is 12.4. The second-order valence-corrected chi connectivity index (χ2v) is 6.07. The fourth-order valence-corrected chi connectivity index (χ4v) is 2.54. The standard InChI is InChI=1S/C18H18N6O/c25-18(14-3-1-2-13(9-14)17-21-11-22-24-17)20-10-12-6-7-19-16(8-12)23-15-4-5-15/h1-3,6-9,11,15H,4-5,10H2,(H,19,23)(H,20,25)(H,21,22,24). The van der Waals surface area contributed by atoms with Crippen LogP contribution in [0.2, 0.25) is 0 Å². The Morgan fingerprint density at radius 1 is 1.20 bits per heavy atom. The molecule has 0 spiro atoms. The summed E-state index contributed by atoms with van der Waals surface area (Å²) >= 11 is 0. The Hall–Kier alpha value is -3.22. The van der Waals surface area contributed by atoms with Gasteiger partial charge in [0.1, 0.15) is 12.1 Å². The van der Waals surface area contributed by atoms with Crippen molar-refractivity contribution in [3.05, 3.63) is 60.0 Å². The number of hydrogen-bond acceptors (Lipinski definition) is 5. The summed E-state index contributed by atoms with van der Waals surface area (Å²) in [4.78, 5) is 20.8. The smallest absolute Gasteiger partial charge is 0.251 e. The van der Waals surface area contributed by atoms with Crippen LogP contribution in [0, 0.1) is 0 Å². The van der Waals surface area contributed by atoms with Crippen molar-refractivity contribution < 1.29 is 4.79 Å². The molecule has 126 valence electrons. The number of nitrogens with zero attached hydrogens (tertiary/aromatic N) is 3. The maximum atomic E-state index is 12.4. The van der Waals surface area contributed by atoms with E-state index in [1.807, 2.05) is 24.3 Å². The Morgan fingerprint density at radius 3 is 2.92 bits per heavy atom. The van der Waals surface area contributed by atoms with Gasteiger partial charge in [-0.25, -0.2) is 9.97 Å². The highest BCUT2D eigenvalue weighted by atomic mass is 16.1. The molecule has 2 heterocycles. The van der Waals surface area contributed by atoms with Crippen molar-refractivity contribution in [2.75, 3.05) is 5.32 Å². The van der Waals surface area contributed by atoms with Gasteiger partial charge in [0.25, 0.3) is 5.91 Å². The fraction of sp³-hybridized carbons (Fsp3) is 0.222. The number of carbonyl (C=O) groups excluding carboxylic acids is 1. The summed E-state index contributed by atoms with van der Waals surface area (Å²) in [6.45, 7) is 0.452. The van der Waals surface area contributed by atoms with E-state index in [9.17, 15) is 4.79 Å². The first-order valence-corrected chi connectivity index (χ1v) is 8.23. The number of rotatable bonds is 6. The van der Waals surface area contributed by atoms with Crippen LogP contribution in [-0.2, 0) is 6.54 Å². The minimum absolute atomic E-state index is 0.130. The normalized spacial score (nSPS) is 13.4. The molecule has 1 amide bonds. The van der Waals surface area contributed by atoms with Crippen LogP contribution in [-0.4, -0.2) is 32.1 Å². The number of hydrogen-bond donors (Lipinski definition) is 3. The molecule has 0 aliphatic heterocycles. The quantitative estimate of drug-likeness (QED) is 0.643. The zero-order valence-electron chi connectivity index (χ0n) is 13.6. The predicted octanol–water partition coefficient (Wildman–Crippen LogP) is 2.37. The van der Waals surface area contributed by atoms with Crippen LogP contribution in [0.1, 0.15) is 28.8 Å². The summed E-state index contributed by atoms with van der Waals surface area (Å²) in [7, 11) is 0. The van der Waals surface area contributed by atoms with Crippen LogP contribution in [0.5, 0.6) is 0 Å². The second kappa shape index (κ2) is 6.72. The van der Waals surface area contributed by atoms with E-state index in [1.165, 1.54) is 19.2 Å². The van der Waals surface area contributed by atoms with E-state index in [-0.39, 0.29) is 5.91 Å². The molecule has 1 aliphatic rings. The zero-order chi connectivity index (χ0) is 17.1. The number of benzene rings is 1. The highest BCUT2D eigenvalue weighted by molar-refractivity contribution is 5.95. The molecular weight excluding hydrogens is 316 g/mol. The lowest BCUT2D eigenvalue weighted by molar-refractivity contribution is 0.0951. The fourth-order valence-electron chi connectivity index (χ4n) is 2.54. The number of anilines is 1. The lowest BCUT2D eigenvalue weighted by Gasteiger charge is -2.08. The van der Waals surface area contributed by atoms with Gasteiger partial charge in [-0.1, -0.05) is 12.1 Å². The van der Waals surface area contributed by atoms with Crippen molar-refractivity contribution >= 4 is 11.7 Å². The topological polar surface area (TPSA) is 95.6 Å². The lowest BCUT2D eigenvalue weighted by Crippen LogP contribution is -2.22. The van der Waals surface area contributed by atoms with Gasteiger partial charge in [0.15, 0.2) is 5.82 Å². The minimum atomic E-state index is -0.130. The number of nitrogens with one attached hydrogen (secondary N) is 3. The highest BCUT2D eigenvalue weighted by Gasteiger charge is 2.21. The molecule has 1 fully saturated rings. The van der Waals surface area contributed by atoms with E-state index in [0.29, 0.717) is 24.0 Å². The van der Waals surface area contributed by atoms with Crippen LogP contribution < -0.4 is 10.6 Å². The van der Waals surface area contributed by atoms with E-state index < -0.39 is 0 Å². The molecule has 0 radical (unpaired) electrons. The Morgan fingerprint density at radius 2 is 2.12 bits per heavy atom. The van der Waals surface area contributed by atoms with E-state index in [0.717, 1.165) is 16.9 Å². The first kappa shape index (κ1) is 15.3. The van der Waals surface area contributed by atoms with Crippen LogP contribution in [0.15, 0.2) is 48.9 Å². The number of aromatic amines is 1. The molecule has 0 unspecified atom stereocenters. The monoisotopic (exact) mass is 334 g/mol. The molecule has 2 aromatic heterocycles. The van der Waals surface area contributed by atoms with Gasteiger partial charge in [-0.3, -0.25) is 9.89 Å². The molecular formula is C18H18N6O. The van der Waals surface area contributed by atoms with Crippen molar-refractivity contribution in [2.24, 2.45) is 0 Å². The Balaban J connectivity index is 1.41. The van der Waals surface area contributed by atoms with Crippen molar-refractivity contribution in [1.29, 1.82) is 0 Å². The number of amides is 1. The number of H-pyrrole nitrogens is 1. The summed E-state index contributed by atoms with van der Waals surface area (Å²) in [5, 5.41) is 12.9. The molecule has 7 nitrogen and oxygen atoms in total. The van der Waals surface area contributed by atoms with E-state index in [4.69, 9.17) is 0 Å². The van der Waals surface area contributed by atoms with E-state index in [1.54, 1.807) is 18.3 Å². The van der Waals surface area contributed by atoms with Gasteiger partial charge >= 0.3 is 0 Å². The summed E-state index contributed by atoms with van der Waals surface area (Å²) in [6, 6.07) is 11.7. The maximum Gasteiger partial charge on any atom is 0.251 e. The first-order chi connectivity index (χ1) is 12.3. The van der Waals surface area contributed by atoms with Gasteiger partial charge in [-0.2, -0.15) is 5.10 Å². The van der Waals surface area contributed by atoms with Gasteiger partial charge in [0, 0.05) is 29.9 Å². The lowest BCUT2D eigenvalue weighted by atomic mass is 10.1. The minimum Gasteiger partial charge on any atom is -0.367 e. The third-order valence-electron chi connectivity index (χ3n) is 4.02. The number of carbonyl (C=O) groups is 1. The molecule has 0 bridgehead atoms. The Bertz CT molecular complexity index is 873. The highest BCUT2D eigenvalue weighted by Crippen LogP contribution is 2.23. The van der Waals surface area contributed by atoms with Gasteiger partial charge in [-0.15, -0.1) is 0 Å². The Kier molecular flexibility index (Phi) is 4.12. The first-order valence-electron chi connectivity index (χ1n) is 8.23. The van der Waals surface area contributed by atoms with Crippen molar-refractivity contribution in [3.8, 4) is 11.4 Å². The second-order valence-electron chi connectivity index (χ2n) is 6.07. The van der Waals surface area contributed by atoms with Crippen molar-refractivity contribution in [3.63, 3.8) is 0 Å². The average Bonchev–Trinajstić information content (AvgIpc) is 3.28. The SMILES string of the molecule is O=C(NCc1ccnc(NC2CC2)c1)c1cccc(-c2ncn[nH]2)c1. The molecule has 7 heteroatoms. The molecule has 3 aromatic rings. The third kappa shape index (κ3) is 3.82. The molecule has 4 rings (SSSR count). The Labute approximate surface area is 144 Å². The van der Waals surface area contributed by atoms with Crippen molar-refractivity contribution in [1.82, 2.24) is 25.5 Å². The van der Waals surface area contributed by atoms with Gasteiger partial charge in [0.2, 0.25) is 0 Å². The van der Waals surface area contributed by atoms with Crippen LogP contribution >= 0.6 is 0 Å². The summed E-state index contributed by atoms with van der Waals surface area (Å²) in [5.74, 6) is 1.37. The molecule has 25 heavy (non-hydrogen) atoms. The third-order valence-corrected chi connectivity index (χ3v) is 4.02. The number of aromatic nitrogens is 4. The van der Waals surface area contributed by atoms with E-state index in [2.05, 4.69) is 30.8 Å². The van der Waals surface area contributed by atoms with Crippen LogP contribution in [0.3, 0.4) is 0 Å². The zero-order valence-corrected chi connectivity index (χ0v) is 13.6. The van der Waals surface area contributed by atoms with Crippen molar-refractivity contribution in [2.45, 2.75) is 25.4 Å². The summed E-state index contributed by atoms with van der Waals surface area (Å²) in [6.07, 6.45) is 5.60. The van der Waals surface area contributed by atoms with Crippen LogP contribution in [0.25, 0.3) is 11.4 Å². The van der Waals surface area contributed by atoms with E-state index >= 15 is 0 Å². The molecule has 1 aromatic carbocycles. The summed E-state index contributed by atoms with van der Waals surface area (Å²) < 4.78 is 0. The molecule has 0 saturated heterocycles. The van der Waals surface area contributed by atoms with Crippen LogP contribution in [0.4, 0.5) is 5.82 Å². The molecule has 3 N–H and O–H groups in total. The number of pyridine rings is 1. The van der Waals surface area contributed by atoms with Gasteiger partial charge in [0.05, 0.1) is 0 Å². The molecule has 1 aliphatic carbocycles.